The third kappa shape index (κ3) is 3.09. The maximum absolute atomic E-state index is 12.4. The molecule has 1 atom stereocenters. The third-order valence-electron chi connectivity index (χ3n) is 3.92. The van der Waals surface area contributed by atoms with E-state index in [1.54, 1.807) is 6.07 Å². The number of rotatable bonds is 3. The molecule has 0 aliphatic carbocycles. The van der Waals surface area contributed by atoms with E-state index in [9.17, 15) is 4.79 Å². The van der Waals surface area contributed by atoms with Crippen molar-refractivity contribution in [1.29, 1.82) is 0 Å². The minimum atomic E-state index is -0.153. The summed E-state index contributed by atoms with van der Waals surface area (Å²) in [4.78, 5) is 16.1. The molecule has 1 aromatic carbocycles. The molecule has 2 aromatic rings. The van der Waals surface area contributed by atoms with Crippen molar-refractivity contribution in [1.82, 2.24) is 4.90 Å². The second kappa shape index (κ2) is 5.87. The van der Waals surface area contributed by atoms with Crippen LogP contribution in [0.3, 0.4) is 0 Å². The Hall–Kier alpha value is -1.85. The van der Waals surface area contributed by atoms with Gasteiger partial charge in [0.25, 0.3) is 0 Å². The molecular weight excluding hydrogens is 282 g/mol. The summed E-state index contributed by atoms with van der Waals surface area (Å²) in [5, 5.41) is 5.07. The number of nitrogens with two attached hydrogens (primary N) is 1. The van der Waals surface area contributed by atoms with Crippen molar-refractivity contribution in [3.05, 3.63) is 46.2 Å². The van der Waals surface area contributed by atoms with E-state index in [1.165, 1.54) is 10.4 Å². The van der Waals surface area contributed by atoms with E-state index in [4.69, 9.17) is 5.73 Å². The van der Waals surface area contributed by atoms with E-state index in [-0.39, 0.29) is 11.9 Å². The quantitative estimate of drug-likeness (QED) is 0.857. The lowest BCUT2D eigenvalue weighted by molar-refractivity contribution is -0.121. The molecule has 21 heavy (non-hydrogen) atoms. The zero-order valence-corrected chi connectivity index (χ0v) is 12.8. The Labute approximate surface area is 128 Å². The maximum Gasteiger partial charge on any atom is 0.241 e. The van der Waals surface area contributed by atoms with Gasteiger partial charge >= 0.3 is 0 Å². The Morgan fingerprint density at radius 2 is 2.29 bits per heavy atom. The predicted molar refractivity (Wildman–Crippen MR) is 87.4 cm³/mol. The van der Waals surface area contributed by atoms with E-state index in [0.717, 1.165) is 25.2 Å². The molecule has 3 N–H and O–H groups in total. The Kier molecular flexibility index (Phi) is 3.94. The molecule has 1 aliphatic rings. The van der Waals surface area contributed by atoms with Crippen LogP contribution in [-0.4, -0.2) is 23.4 Å². The number of carbonyl (C=O) groups is 1. The fraction of sp³-hybridized carbons (Fsp3) is 0.312. The molecule has 5 heteroatoms. The lowest BCUT2D eigenvalue weighted by Crippen LogP contribution is -2.44. The number of fused-ring (bicyclic) bond motifs is 1. The van der Waals surface area contributed by atoms with E-state index in [1.807, 2.05) is 36.5 Å². The summed E-state index contributed by atoms with van der Waals surface area (Å²) in [6.07, 6.45) is 1.03. The number of carbonyl (C=O) groups excluding carboxylic acids is 1. The van der Waals surface area contributed by atoms with Crippen molar-refractivity contribution in [2.24, 2.45) is 0 Å². The molecule has 1 aromatic heterocycles. The van der Waals surface area contributed by atoms with Crippen molar-refractivity contribution in [3.8, 4) is 0 Å². The van der Waals surface area contributed by atoms with Crippen LogP contribution in [0.4, 0.5) is 11.4 Å². The van der Waals surface area contributed by atoms with Gasteiger partial charge in [-0.25, -0.2) is 0 Å². The van der Waals surface area contributed by atoms with Crippen molar-refractivity contribution < 1.29 is 4.79 Å². The highest BCUT2D eigenvalue weighted by molar-refractivity contribution is 7.10. The van der Waals surface area contributed by atoms with E-state index >= 15 is 0 Å². The zero-order chi connectivity index (χ0) is 14.8. The molecule has 1 unspecified atom stereocenters. The topological polar surface area (TPSA) is 58.4 Å². The van der Waals surface area contributed by atoms with E-state index < -0.39 is 0 Å². The van der Waals surface area contributed by atoms with Crippen LogP contribution in [0, 0.1) is 0 Å². The van der Waals surface area contributed by atoms with Crippen LogP contribution < -0.4 is 11.1 Å². The number of benzene rings is 1. The van der Waals surface area contributed by atoms with Crippen LogP contribution in [-0.2, 0) is 17.8 Å². The number of nitrogens with zero attached hydrogens (tertiary/aromatic N) is 1. The molecule has 2 heterocycles. The molecule has 0 bridgehead atoms. The smallest absolute Gasteiger partial charge is 0.241 e. The number of hydrogen-bond acceptors (Lipinski definition) is 4. The van der Waals surface area contributed by atoms with Gasteiger partial charge in [0.05, 0.1) is 6.04 Å². The minimum absolute atomic E-state index is 0.0132. The van der Waals surface area contributed by atoms with Gasteiger partial charge in [0, 0.05) is 29.3 Å². The van der Waals surface area contributed by atoms with Crippen molar-refractivity contribution in [2.75, 3.05) is 17.6 Å². The second-order valence-corrected chi connectivity index (χ2v) is 6.38. The summed E-state index contributed by atoms with van der Waals surface area (Å²) >= 11 is 1.81. The van der Waals surface area contributed by atoms with Crippen molar-refractivity contribution in [2.45, 2.75) is 25.9 Å². The zero-order valence-electron chi connectivity index (χ0n) is 12.0. The van der Waals surface area contributed by atoms with Gasteiger partial charge in [0.2, 0.25) is 5.91 Å². The molecule has 0 spiro atoms. The van der Waals surface area contributed by atoms with E-state index in [0.29, 0.717) is 5.69 Å². The Bertz CT molecular complexity index is 652. The summed E-state index contributed by atoms with van der Waals surface area (Å²) in [5.74, 6) is 0.0132. The van der Waals surface area contributed by atoms with Crippen molar-refractivity contribution in [3.63, 3.8) is 0 Å². The summed E-state index contributed by atoms with van der Waals surface area (Å²) in [6.45, 7) is 3.74. The van der Waals surface area contributed by atoms with Crippen LogP contribution in [0.15, 0.2) is 35.7 Å². The first-order valence-corrected chi connectivity index (χ1v) is 7.97. The normalized spacial score (nSPS) is 16.2. The summed E-state index contributed by atoms with van der Waals surface area (Å²) in [6, 6.07) is 9.29. The molecular formula is C16H19N3OS. The fourth-order valence-corrected chi connectivity index (χ4v) is 3.52. The van der Waals surface area contributed by atoms with Gasteiger partial charge < -0.3 is 11.1 Å². The first kappa shape index (κ1) is 14.1. The highest BCUT2D eigenvalue weighted by Crippen LogP contribution is 2.25. The minimum Gasteiger partial charge on any atom is -0.399 e. The number of nitrogen functional groups attached to an aromatic ring is 1. The highest BCUT2D eigenvalue weighted by atomic mass is 32.1. The van der Waals surface area contributed by atoms with Gasteiger partial charge in [0.15, 0.2) is 0 Å². The van der Waals surface area contributed by atoms with Crippen LogP contribution in [0.5, 0.6) is 0 Å². The largest absolute Gasteiger partial charge is 0.399 e. The monoisotopic (exact) mass is 301 g/mol. The number of nitrogens with one attached hydrogen (secondary N) is 1. The lowest BCUT2D eigenvalue weighted by atomic mass is 10.1. The highest BCUT2D eigenvalue weighted by Gasteiger charge is 2.25. The number of thiophene rings is 1. The fourth-order valence-electron chi connectivity index (χ4n) is 2.63. The molecule has 1 aliphatic heterocycles. The Morgan fingerprint density at radius 3 is 3.10 bits per heavy atom. The number of amides is 1. The predicted octanol–water partition coefficient (Wildman–Crippen LogP) is 2.72. The van der Waals surface area contributed by atoms with E-state index in [2.05, 4.69) is 21.7 Å². The number of hydrogen-bond donors (Lipinski definition) is 2. The Balaban J connectivity index is 1.65. The van der Waals surface area contributed by atoms with Gasteiger partial charge in [-0.3, -0.25) is 9.69 Å². The molecule has 3 rings (SSSR count). The summed E-state index contributed by atoms with van der Waals surface area (Å²) < 4.78 is 0. The van der Waals surface area contributed by atoms with Crippen LogP contribution in [0.2, 0.25) is 0 Å². The standard InChI is InChI=1S/C16H19N3OS/c1-11(16(20)18-14-4-2-3-13(17)9-14)19-7-5-15-12(10-19)6-8-21-15/h2-4,6,8-9,11H,5,7,10,17H2,1H3,(H,18,20). The van der Waals surface area contributed by atoms with Gasteiger partial charge in [0.1, 0.15) is 0 Å². The third-order valence-corrected chi connectivity index (χ3v) is 4.94. The maximum atomic E-state index is 12.4. The molecule has 0 saturated carbocycles. The second-order valence-electron chi connectivity index (χ2n) is 5.38. The van der Waals surface area contributed by atoms with Crippen LogP contribution >= 0.6 is 11.3 Å². The number of anilines is 2. The first-order valence-electron chi connectivity index (χ1n) is 7.09. The van der Waals surface area contributed by atoms with Crippen LogP contribution in [0.1, 0.15) is 17.4 Å². The Morgan fingerprint density at radius 1 is 1.43 bits per heavy atom. The molecule has 0 fully saturated rings. The average molecular weight is 301 g/mol. The molecule has 110 valence electrons. The average Bonchev–Trinajstić information content (AvgIpc) is 2.93. The summed E-state index contributed by atoms with van der Waals surface area (Å²) in [7, 11) is 0. The molecule has 1 amide bonds. The summed E-state index contributed by atoms with van der Waals surface area (Å²) in [5.41, 5.74) is 8.49. The van der Waals surface area contributed by atoms with Gasteiger partial charge in [-0.15, -0.1) is 11.3 Å². The van der Waals surface area contributed by atoms with Gasteiger partial charge in [-0.1, -0.05) is 6.07 Å². The first-order chi connectivity index (χ1) is 10.1. The van der Waals surface area contributed by atoms with Gasteiger partial charge in [-0.05, 0) is 48.6 Å². The SMILES string of the molecule is CC(C(=O)Nc1cccc(N)c1)N1CCc2sccc2C1. The lowest BCUT2D eigenvalue weighted by Gasteiger charge is -2.31. The molecule has 4 nitrogen and oxygen atoms in total. The van der Waals surface area contributed by atoms with Crippen LogP contribution in [0.25, 0.3) is 0 Å². The van der Waals surface area contributed by atoms with Crippen molar-refractivity contribution >= 4 is 28.6 Å². The van der Waals surface area contributed by atoms with Gasteiger partial charge in [-0.2, -0.15) is 0 Å². The molecule has 0 saturated heterocycles. The molecule has 0 radical (unpaired) electrons.